The summed E-state index contributed by atoms with van der Waals surface area (Å²) in [5.41, 5.74) is 7.25. The van der Waals surface area contributed by atoms with Crippen molar-refractivity contribution in [1.82, 2.24) is 0 Å². The minimum Gasteiger partial charge on any atom is -0.478 e. The number of allylic oxidation sites excluding steroid dienone is 4. The quantitative estimate of drug-likeness (QED) is 0.608. The van der Waals surface area contributed by atoms with Crippen LogP contribution in [0.1, 0.15) is 73.7 Å². The maximum absolute atomic E-state index is 11.1. The normalized spacial score (nSPS) is 15.7. The SMILES string of the molecule is C=C(c1ccc(C(=O)O)cc1)c1ccc2c(c1)C(/C=C/C(C)(C)C)=CCC2(C)C. The topological polar surface area (TPSA) is 37.3 Å². The van der Waals surface area contributed by atoms with Crippen molar-refractivity contribution >= 4 is 17.1 Å². The second-order valence-electron chi connectivity index (χ2n) is 9.57. The van der Waals surface area contributed by atoms with Crippen LogP contribution < -0.4 is 0 Å². The van der Waals surface area contributed by atoms with Gasteiger partial charge in [0.2, 0.25) is 0 Å². The molecule has 0 spiro atoms. The lowest BCUT2D eigenvalue weighted by Crippen LogP contribution is -2.21. The highest BCUT2D eigenvalue weighted by Gasteiger charge is 2.27. The van der Waals surface area contributed by atoms with Crippen LogP contribution in [0.2, 0.25) is 0 Å². The zero-order valence-electron chi connectivity index (χ0n) is 18.0. The fourth-order valence-electron chi connectivity index (χ4n) is 3.62. The van der Waals surface area contributed by atoms with Crippen molar-refractivity contribution in [2.45, 2.75) is 46.5 Å². The third kappa shape index (κ3) is 4.59. The zero-order valence-corrected chi connectivity index (χ0v) is 18.0. The molecule has 3 rings (SSSR count). The average Bonchev–Trinajstić information content (AvgIpc) is 2.66. The molecule has 0 radical (unpaired) electrons. The van der Waals surface area contributed by atoms with Crippen LogP contribution in [-0.2, 0) is 5.41 Å². The average molecular weight is 387 g/mol. The summed E-state index contributed by atoms with van der Waals surface area (Å²) in [7, 11) is 0. The number of hydrogen-bond acceptors (Lipinski definition) is 1. The molecule has 1 N–H and O–H groups in total. The molecule has 2 aromatic carbocycles. The molecule has 0 bridgehead atoms. The van der Waals surface area contributed by atoms with Gasteiger partial charge >= 0.3 is 5.97 Å². The first-order valence-corrected chi connectivity index (χ1v) is 10.1. The van der Waals surface area contributed by atoms with Gasteiger partial charge in [-0.3, -0.25) is 0 Å². The zero-order chi connectivity index (χ0) is 21.4. The van der Waals surface area contributed by atoms with Crippen LogP contribution in [0.3, 0.4) is 0 Å². The van der Waals surface area contributed by atoms with Gasteiger partial charge in [0.15, 0.2) is 0 Å². The van der Waals surface area contributed by atoms with E-state index in [4.69, 9.17) is 5.11 Å². The molecule has 2 heteroatoms. The molecular formula is C27H30O2. The molecule has 2 aromatic rings. The molecule has 0 fully saturated rings. The summed E-state index contributed by atoms with van der Waals surface area (Å²) in [5.74, 6) is -0.918. The first-order chi connectivity index (χ1) is 13.5. The Balaban J connectivity index is 2.01. The van der Waals surface area contributed by atoms with Crippen molar-refractivity contribution < 1.29 is 9.90 Å². The summed E-state index contributed by atoms with van der Waals surface area (Å²) < 4.78 is 0. The van der Waals surface area contributed by atoms with Gasteiger partial charge in [-0.2, -0.15) is 0 Å². The Morgan fingerprint density at radius 1 is 1.03 bits per heavy atom. The van der Waals surface area contributed by atoms with Crippen LogP contribution >= 0.6 is 0 Å². The van der Waals surface area contributed by atoms with Crippen LogP contribution in [-0.4, -0.2) is 11.1 Å². The number of carboxylic acids is 1. The van der Waals surface area contributed by atoms with E-state index >= 15 is 0 Å². The third-order valence-corrected chi connectivity index (χ3v) is 5.48. The fourth-order valence-corrected chi connectivity index (χ4v) is 3.62. The Morgan fingerprint density at radius 3 is 2.21 bits per heavy atom. The maximum atomic E-state index is 11.1. The summed E-state index contributed by atoms with van der Waals surface area (Å²) >= 11 is 0. The minimum atomic E-state index is -0.918. The second kappa shape index (κ2) is 7.51. The molecule has 0 aromatic heterocycles. The van der Waals surface area contributed by atoms with Crippen molar-refractivity contribution in [2.24, 2.45) is 5.41 Å². The molecule has 0 unspecified atom stereocenters. The summed E-state index contributed by atoms with van der Waals surface area (Å²) in [4.78, 5) is 11.1. The van der Waals surface area contributed by atoms with E-state index in [2.05, 4.69) is 77.6 Å². The smallest absolute Gasteiger partial charge is 0.335 e. The summed E-state index contributed by atoms with van der Waals surface area (Å²) in [6.45, 7) is 15.5. The van der Waals surface area contributed by atoms with Crippen LogP contribution in [0.5, 0.6) is 0 Å². The van der Waals surface area contributed by atoms with Crippen molar-refractivity contribution in [3.05, 3.63) is 95.1 Å². The van der Waals surface area contributed by atoms with Gasteiger partial charge < -0.3 is 5.11 Å². The molecule has 0 heterocycles. The Hall–Kier alpha value is -2.87. The van der Waals surface area contributed by atoms with Crippen molar-refractivity contribution in [1.29, 1.82) is 0 Å². The molecule has 0 amide bonds. The molecular weight excluding hydrogens is 356 g/mol. The first-order valence-electron chi connectivity index (χ1n) is 10.1. The van der Waals surface area contributed by atoms with Gasteiger partial charge in [-0.05, 0) is 68.8 Å². The number of benzene rings is 2. The Morgan fingerprint density at radius 2 is 1.62 bits per heavy atom. The highest BCUT2D eigenvalue weighted by atomic mass is 16.4. The molecule has 0 saturated heterocycles. The second-order valence-corrected chi connectivity index (χ2v) is 9.57. The molecule has 1 aliphatic rings. The lowest BCUT2D eigenvalue weighted by atomic mass is 9.72. The molecule has 2 nitrogen and oxygen atoms in total. The van der Waals surface area contributed by atoms with Gasteiger partial charge in [0.1, 0.15) is 0 Å². The monoisotopic (exact) mass is 386 g/mol. The van der Waals surface area contributed by atoms with E-state index in [1.807, 2.05) is 12.1 Å². The fraction of sp³-hybridized carbons (Fsp3) is 0.296. The lowest BCUT2D eigenvalue weighted by Gasteiger charge is -2.32. The number of carboxylic acid groups (broad SMARTS) is 1. The van der Waals surface area contributed by atoms with Gasteiger partial charge in [-0.1, -0.05) is 83.7 Å². The number of carbonyl (C=O) groups is 1. The molecule has 0 saturated carbocycles. The van der Waals surface area contributed by atoms with Crippen molar-refractivity contribution in [2.75, 3.05) is 0 Å². The third-order valence-electron chi connectivity index (χ3n) is 5.48. The van der Waals surface area contributed by atoms with E-state index in [-0.39, 0.29) is 16.4 Å². The minimum absolute atomic E-state index is 0.0946. The predicted molar refractivity (Wildman–Crippen MR) is 122 cm³/mol. The Labute approximate surface area is 174 Å². The molecule has 0 atom stereocenters. The molecule has 29 heavy (non-hydrogen) atoms. The van der Waals surface area contributed by atoms with Gasteiger partial charge in [-0.25, -0.2) is 4.79 Å². The van der Waals surface area contributed by atoms with E-state index in [0.29, 0.717) is 0 Å². The molecule has 0 aliphatic heterocycles. The highest BCUT2D eigenvalue weighted by Crippen LogP contribution is 2.41. The van der Waals surface area contributed by atoms with Crippen LogP contribution in [0.15, 0.2) is 67.3 Å². The number of aromatic carboxylic acids is 1. The van der Waals surface area contributed by atoms with E-state index in [0.717, 1.165) is 23.1 Å². The van der Waals surface area contributed by atoms with E-state index in [9.17, 15) is 4.79 Å². The van der Waals surface area contributed by atoms with Gasteiger partial charge in [0.25, 0.3) is 0 Å². The summed E-state index contributed by atoms with van der Waals surface area (Å²) in [5, 5.41) is 9.11. The van der Waals surface area contributed by atoms with Crippen molar-refractivity contribution in [3.63, 3.8) is 0 Å². The lowest BCUT2D eigenvalue weighted by molar-refractivity contribution is 0.0697. The molecule has 150 valence electrons. The van der Waals surface area contributed by atoms with Gasteiger partial charge in [-0.15, -0.1) is 0 Å². The molecule has 1 aliphatic carbocycles. The maximum Gasteiger partial charge on any atom is 0.335 e. The summed E-state index contributed by atoms with van der Waals surface area (Å²) in [6, 6.07) is 13.5. The predicted octanol–water partition coefficient (Wildman–Crippen LogP) is 7.11. The van der Waals surface area contributed by atoms with Gasteiger partial charge in [0.05, 0.1) is 5.56 Å². The Bertz CT molecular complexity index is 1010. The summed E-state index contributed by atoms with van der Waals surface area (Å²) in [6.07, 6.45) is 7.84. The Kier molecular flexibility index (Phi) is 5.40. The number of hydrogen-bond donors (Lipinski definition) is 1. The first kappa shape index (κ1) is 20.9. The highest BCUT2D eigenvalue weighted by molar-refractivity contribution is 5.89. The number of fused-ring (bicyclic) bond motifs is 1. The van der Waals surface area contributed by atoms with E-state index in [1.165, 1.54) is 16.7 Å². The largest absolute Gasteiger partial charge is 0.478 e. The van der Waals surface area contributed by atoms with Crippen molar-refractivity contribution in [3.8, 4) is 0 Å². The van der Waals surface area contributed by atoms with Crippen LogP contribution in [0.4, 0.5) is 0 Å². The van der Waals surface area contributed by atoms with E-state index in [1.54, 1.807) is 12.1 Å². The van der Waals surface area contributed by atoms with Crippen LogP contribution in [0, 0.1) is 5.41 Å². The van der Waals surface area contributed by atoms with Gasteiger partial charge in [0, 0.05) is 0 Å². The van der Waals surface area contributed by atoms with E-state index < -0.39 is 5.97 Å². The van der Waals surface area contributed by atoms with Crippen LogP contribution in [0.25, 0.3) is 11.1 Å². The number of rotatable bonds is 4. The standard InChI is InChI=1S/C27H30O2/c1-18(19-7-9-21(10-8-19)25(28)29)22-11-12-24-23(17-22)20(13-15-26(2,3)4)14-16-27(24,5)6/h7-15,17H,1,16H2,2-6H3,(H,28,29)/b15-13+.